The molecule has 2 unspecified atom stereocenters. The van der Waals surface area contributed by atoms with Gasteiger partial charge in [0, 0.05) is 0 Å². The first-order valence-corrected chi connectivity index (χ1v) is 7.04. The number of ether oxygens (including phenoxy) is 1. The van der Waals surface area contributed by atoms with Crippen LogP contribution in [0.5, 0.6) is 5.88 Å². The van der Waals surface area contributed by atoms with E-state index in [0.717, 1.165) is 18.1 Å². The standard InChI is InChI=1S/C14H24N4O/c1-9-5-4-6-12(7-9)8-19-14-10(2)13(18-15)16-11(3)17-14/h9,12H,4-8,15H2,1-3H3,(H,16,17,18). The summed E-state index contributed by atoms with van der Waals surface area (Å²) in [6.45, 7) is 6.83. The number of nitrogens with two attached hydrogens (primary N) is 1. The third kappa shape index (κ3) is 3.56. The molecule has 1 heterocycles. The van der Waals surface area contributed by atoms with E-state index in [2.05, 4.69) is 22.3 Å². The Bertz CT molecular complexity index is 436. The van der Waals surface area contributed by atoms with E-state index in [0.29, 0.717) is 23.4 Å². The van der Waals surface area contributed by atoms with E-state index in [1.807, 2.05) is 13.8 Å². The molecule has 0 amide bonds. The molecule has 0 bridgehead atoms. The number of aryl methyl sites for hydroxylation is 1. The van der Waals surface area contributed by atoms with Crippen molar-refractivity contribution in [2.45, 2.75) is 46.5 Å². The summed E-state index contributed by atoms with van der Waals surface area (Å²) >= 11 is 0. The lowest BCUT2D eigenvalue weighted by atomic mass is 9.83. The summed E-state index contributed by atoms with van der Waals surface area (Å²) in [4.78, 5) is 8.59. The molecule has 5 nitrogen and oxygen atoms in total. The maximum absolute atomic E-state index is 5.90. The van der Waals surface area contributed by atoms with Crippen LogP contribution in [-0.4, -0.2) is 16.6 Å². The molecule has 19 heavy (non-hydrogen) atoms. The van der Waals surface area contributed by atoms with Crippen molar-refractivity contribution in [2.75, 3.05) is 12.0 Å². The van der Waals surface area contributed by atoms with Crippen LogP contribution in [0.3, 0.4) is 0 Å². The van der Waals surface area contributed by atoms with Gasteiger partial charge >= 0.3 is 0 Å². The number of hydrazine groups is 1. The van der Waals surface area contributed by atoms with Gasteiger partial charge < -0.3 is 10.2 Å². The van der Waals surface area contributed by atoms with Gasteiger partial charge in [0.25, 0.3) is 0 Å². The van der Waals surface area contributed by atoms with Crippen LogP contribution in [0.4, 0.5) is 5.82 Å². The maximum atomic E-state index is 5.90. The highest BCUT2D eigenvalue weighted by atomic mass is 16.5. The summed E-state index contributed by atoms with van der Waals surface area (Å²) < 4.78 is 5.90. The van der Waals surface area contributed by atoms with E-state index in [9.17, 15) is 0 Å². The summed E-state index contributed by atoms with van der Waals surface area (Å²) in [6, 6.07) is 0. The van der Waals surface area contributed by atoms with Gasteiger partial charge in [0.1, 0.15) is 11.6 Å². The fourth-order valence-corrected chi connectivity index (χ4v) is 2.79. The summed E-state index contributed by atoms with van der Waals surface area (Å²) in [7, 11) is 0. The zero-order chi connectivity index (χ0) is 13.8. The molecular formula is C14H24N4O. The second kappa shape index (κ2) is 6.19. The van der Waals surface area contributed by atoms with Crippen LogP contribution in [0.15, 0.2) is 0 Å². The molecule has 2 rings (SSSR count). The Morgan fingerprint density at radius 3 is 2.79 bits per heavy atom. The van der Waals surface area contributed by atoms with Crippen molar-refractivity contribution in [3.8, 4) is 5.88 Å². The van der Waals surface area contributed by atoms with Gasteiger partial charge in [-0.05, 0) is 38.5 Å². The zero-order valence-corrected chi connectivity index (χ0v) is 12.1. The molecule has 0 aliphatic heterocycles. The zero-order valence-electron chi connectivity index (χ0n) is 12.1. The molecule has 0 saturated heterocycles. The van der Waals surface area contributed by atoms with Gasteiger partial charge in [-0.2, -0.15) is 4.98 Å². The first-order valence-electron chi connectivity index (χ1n) is 7.04. The van der Waals surface area contributed by atoms with Crippen molar-refractivity contribution in [3.63, 3.8) is 0 Å². The number of nitrogens with zero attached hydrogens (tertiary/aromatic N) is 2. The number of hydrogen-bond acceptors (Lipinski definition) is 5. The van der Waals surface area contributed by atoms with Crippen LogP contribution in [-0.2, 0) is 0 Å². The highest BCUT2D eigenvalue weighted by molar-refractivity contribution is 5.47. The van der Waals surface area contributed by atoms with Gasteiger partial charge in [0.15, 0.2) is 0 Å². The molecular weight excluding hydrogens is 240 g/mol. The third-order valence-electron chi connectivity index (χ3n) is 3.85. The summed E-state index contributed by atoms with van der Waals surface area (Å²) in [6.07, 6.45) is 5.18. The Kier molecular flexibility index (Phi) is 4.58. The van der Waals surface area contributed by atoms with Crippen molar-refractivity contribution in [3.05, 3.63) is 11.4 Å². The lowest BCUT2D eigenvalue weighted by molar-refractivity contribution is 0.176. The summed E-state index contributed by atoms with van der Waals surface area (Å²) in [5.74, 6) is 8.87. The minimum absolute atomic E-state index is 0.638. The quantitative estimate of drug-likeness (QED) is 0.646. The number of anilines is 1. The Balaban J connectivity index is 2.01. The first kappa shape index (κ1) is 14.1. The van der Waals surface area contributed by atoms with Crippen molar-refractivity contribution in [2.24, 2.45) is 17.7 Å². The van der Waals surface area contributed by atoms with Crippen LogP contribution in [0.1, 0.15) is 44.0 Å². The molecule has 1 aromatic rings. The van der Waals surface area contributed by atoms with Gasteiger partial charge in [-0.15, -0.1) is 0 Å². The number of nitrogen functional groups attached to an aromatic ring is 1. The van der Waals surface area contributed by atoms with Crippen LogP contribution in [0.2, 0.25) is 0 Å². The lowest BCUT2D eigenvalue weighted by Gasteiger charge is -2.26. The molecule has 1 saturated carbocycles. The second-order valence-corrected chi connectivity index (χ2v) is 5.64. The van der Waals surface area contributed by atoms with Gasteiger partial charge in [-0.25, -0.2) is 10.8 Å². The van der Waals surface area contributed by atoms with E-state index >= 15 is 0 Å². The monoisotopic (exact) mass is 264 g/mol. The molecule has 3 N–H and O–H groups in total. The van der Waals surface area contributed by atoms with Crippen molar-refractivity contribution in [1.82, 2.24) is 9.97 Å². The Morgan fingerprint density at radius 2 is 2.11 bits per heavy atom. The Labute approximate surface area is 114 Å². The van der Waals surface area contributed by atoms with Crippen LogP contribution < -0.4 is 16.0 Å². The van der Waals surface area contributed by atoms with Gasteiger partial charge in [-0.3, -0.25) is 0 Å². The highest BCUT2D eigenvalue weighted by Crippen LogP contribution is 2.29. The average molecular weight is 264 g/mol. The number of nitrogens with one attached hydrogen (secondary N) is 1. The van der Waals surface area contributed by atoms with Crippen molar-refractivity contribution in [1.29, 1.82) is 0 Å². The maximum Gasteiger partial charge on any atom is 0.221 e. The summed E-state index contributed by atoms with van der Waals surface area (Å²) in [5, 5.41) is 0. The Hall–Kier alpha value is -1.36. The Morgan fingerprint density at radius 1 is 1.32 bits per heavy atom. The van der Waals surface area contributed by atoms with Crippen molar-refractivity contribution < 1.29 is 4.74 Å². The van der Waals surface area contributed by atoms with Crippen molar-refractivity contribution >= 4 is 5.82 Å². The van der Waals surface area contributed by atoms with Gasteiger partial charge in [0.05, 0.1) is 12.2 Å². The molecule has 0 spiro atoms. The molecule has 1 aliphatic rings. The average Bonchev–Trinajstić information content (AvgIpc) is 2.39. The fourth-order valence-electron chi connectivity index (χ4n) is 2.79. The van der Waals surface area contributed by atoms with E-state index in [1.165, 1.54) is 25.7 Å². The predicted octanol–water partition coefficient (Wildman–Crippen LogP) is 2.58. The lowest BCUT2D eigenvalue weighted by Crippen LogP contribution is -2.21. The third-order valence-corrected chi connectivity index (χ3v) is 3.85. The first-order chi connectivity index (χ1) is 9.10. The SMILES string of the molecule is Cc1nc(NN)c(C)c(OCC2CCCC(C)C2)n1. The predicted molar refractivity (Wildman–Crippen MR) is 75.9 cm³/mol. The molecule has 1 aromatic heterocycles. The molecule has 0 radical (unpaired) electrons. The molecule has 0 aromatic carbocycles. The van der Waals surface area contributed by atoms with E-state index in [4.69, 9.17) is 10.6 Å². The number of aromatic nitrogens is 2. The molecule has 5 heteroatoms. The second-order valence-electron chi connectivity index (χ2n) is 5.64. The van der Waals surface area contributed by atoms with Gasteiger partial charge in [-0.1, -0.05) is 19.8 Å². The fraction of sp³-hybridized carbons (Fsp3) is 0.714. The van der Waals surface area contributed by atoms with E-state index < -0.39 is 0 Å². The molecule has 2 atom stereocenters. The van der Waals surface area contributed by atoms with Gasteiger partial charge in [0.2, 0.25) is 5.88 Å². The van der Waals surface area contributed by atoms with E-state index in [1.54, 1.807) is 0 Å². The summed E-state index contributed by atoms with van der Waals surface area (Å²) in [5.41, 5.74) is 3.46. The smallest absolute Gasteiger partial charge is 0.221 e. The topological polar surface area (TPSA) is 73.1 Å². The van der Waals surface area contributed by atoms with Crippen LogP contribution in [0.25, 0.3) is 0 Å². The molecule has 1 aliphatic carbocycles. The normalized spacial score (nSPS) is 23.2. The number of hydrogen-bond donors (Lipinski definition) is 2. The molecule has 1 fully saturated rings. The molecule has 106 valence electrons. The largest absolute Gasteiger partial charge is 0.477 e. The van der Waals surface area contributed by atoms with Crippen LogP contribution in [0, 0.1) is 25.7 Å². The highest BCUT2D eigenvalue weighted by Gasteiger charge is 2.20. The van der Waals surface area contributed by atoms with Crippen LogP contribution >= 0.6 is 0 Å². The number of rotatable bonds is 4. The minimum Gasteiger partial charge on any atom is -0.477 e. The minimum atomic E-state index is 0.638. The van der Waals surface area contributed by atoms with E-state index in [-0.39, 0.29) is 0 Å².